The van der Waals surface area contributed by atoms with Gasteiger partial charge in [-0.1, -0.05) is 32.0 Å². The van der Waals surface area contributed by atoms with E-state index < -0.39 is 0 Å². The summed E-state index contributed by atoms with van der Waals surface area (Å²) in [5.74, 6) is 1.19. The Morgan fingerprint density at radius 3 is 2.70 bits per heavy atom. The summed E-state index contributed by atoms with van der Waals surface area (Å²) < 4.78 is 1.68. The maximum atomic E-state index is 12.6. The molecule has 4 heteroatoms. The maximum Gasteiger partial charge on any atom is 0.255 e. The van der Waals surface area contributed by atoms with Crippen molar-refractivity contribution in [1.82, 2.24) is 9.47 Å². The van der Waals surface area contributed by atoms with Crippen molar-refractivity contribution >= 4 is 16.8 Å². The van der Waals surface area contributed by atoms with Gasteiger partial charge in [0.05, 0.1) is 12.1 Å². The highest BCUT2D eigenvalue weighted by Gasteiger charge is 2.30. The molecule has 1 saturated heterocycles. The van der Waals surface area contributed by atoms with Crippen LogP contribution in [0.1, 0.15) is 32.3 Å². The van der Waals surface area contributed by atoms with Crippen LogP contribution in [0, 0.1) is 11.8 Å². The minimum absolute atomic E-state index is 0.0104. The molecule has 1 aliphatic heterocycles. The molecule has 2 heterocycles. The predicted octanol–water partition coefficient (Wildman–Crippen LogP) is 2.93. The molecule has 0 radical (unpaired) electrons. The second kappa shape index (κ2) is 6.19. The van der Waals surface area contributed by atoms with E-state index in [1.807, 2.05) is 35.2 Å². The van der Waals surface area contributed by atoms with Gasteiger partial charge in [-0.3, -0.25) is 9.59 Å². The van der Waals surface area contributed by atoms with Gasteiger partial charge in [0.2, 0.25) is 5.91 Å². The lowest BCUT2D eigenvalue weighted by Gasteiger charge is -2.18. The summed E-state index contributed by atoms with van der Waals surface area (Å²) in [5.41, 5.74) is 1.61. The number of hydrogen-bond acceptors (Lipinski definition) is 2. The second-order valence-electron chi connectivity index (χ2n) is 7.07. The van der Waals surface area contributed by atoms with Gasteiger partial charge >= 0.3 is 0 Å². The summed E-state index contributed by atoms with van der Waals surface area (Å²) in [6.07, 6.45) is 1.68. The predicted molar refractivity (Wildman–Crippen MR) is 92.2 cm³/mol. The molecule has 23 heavy (non-hydrogen) atoms. The summed E-state index contributed by atoms with van der Waals surface area (Å²) in [4.78, 5) is 26.7. The molecule has 1 fully saturated rings. The summed E-state index contributed by atoms with van der Waals surface area (Å²) in [7, 11) is 1.79. The first-order valence-corrected chi connectivity index (χ1v) is 8.31. The molecule has 0 unspecified atom stereocenters. The molecule has 1 aromatic carbocycles. The molecule has 122 valence electrons. The Hall–Kier alpha value is -2.10. The molecule has 0 bridgehead atoms. The molecule has 4 nitrogen and oxygen atoms in total. The number of carbonyl (C=O) groups excluding carboxylic acids is 1. The van der Waals surface area contributed by atoms with Crippen LogP contribution in [-0.4, -0.2) is 21.9 Å². The fourth-order valence-corrected chi connectivity index (χ4v) is 3.64. The van der Waals surface area contributed by atoms with E-state index >= 15 is 0 Å². The molecule has 0 N–H and O–H groups in total. The average Bonchev–Trinajstić information content (AvgIpc) is 2.83. The Morgan fingerprint density at radius 2 is 1.96 bits per heavy atom. The third-order valence-corrected chi connectivity index (χ3v) is 4.67. The van der Waals surface area contributed by atoms with E-state index in [2.05, 4.69) is 13.8 Å². The van der Waals surface area contributed by atoms with Crippen molar-refractivity contribution < 1.29 is 4.79 Å². The van der Waals surface area contributed by atoms with Crippen molar-refractivity contribution in [3.8, 4) is 0 Å². The number of para-hydroxylation sites is 1. The number of nitrogens with zero attached hydrogens (tertiary/aromatic N) is 2. The molecule has 1 aliphatic rings. The number of carbonyl (C=O) groups is 1. The van der Waals surface area contributed by atoms with Gasteiger partial charge in [-0.2, -0.15) is 0 Å². The quantitative estimate of drug-likeness (QED) is 0.871. The van der Waals surface area contributed by atoms with Gasteiger partial charge in [-0.15, -0.1) is 0 Å². The maximum absolute atomic E-state index is 12.6. The number of hydrogen-bond donors (Lipinski definition) is 0. The van der Waals surface area contributed by atoms with Crippen molar-refractivity contribution in [2.75, 3.05) is 6.54 Å². The lowest BCUT2D eigenvalue weighted by Crippen LogP contribution is -2.30. The van der Waals surface area contributed by atoms with E-state index in [1.165, 1.54) is 0 Å². The van der Waals surface area contributed by atoms with E-state index in [1.54, 1.807) is 11.6 Å². The highest BCUT2D eigenvalue weighted by Crippen LogP contribution is 2.25. The molecule has 1 amide bonds. The summed E-state index contributed by atoms with van der Waals surface area (Å²) in [6, 6.07) is 9.78. The standard InChI is InChI=1S/C19H24N2O2/c1-13(2)8-14-9-18(22)21(11-14)12-16-10-15-6-4-5-7-17(15)20(3)19(16)23/h4-7,10,13-14H,8-9,11-12H2,1-3H3/t14-/m0/s1. The van der Waals surface area contributed by atoms with Gasteiger partial charge < -0.3 is 9.47 Å². The van der Waals surface area contributed by atoms with E-state index in [0.717, 1.165) is 23.9 Å². The smallest absolute Gasteiger partial charge is 0.255 e. The van der Waals surface area contributed by atoms with Gasteiger partial charge in [0.15, 0.2) is 0 Å². The van der Waals surface area contributed by atoms with Crippen LogP contribution in [0.4, 0.5) is 0 Å². The number of pyridine rings is 1. The molecule has 1 aromatic heterocycles. The molecule has 2 aromatic rings. The van der Waals surface area contributed by atoms with Crippen molar-refractivity contribution in [2.24, 2.45) is 18.9 Å². The zero-order chi connectivity index (χ0) is 16.6. The molecule has 3 rings (SSSR count). The van der Waals surface area contributed by atoms with Crippen molar-refractivity contribution in [3.05, 3.63) is 46.2 Å². The molecular weight excluding hydrogens is 288 g/mol. The monoisotopic (exact) mass is 312 g/mol. The number of fused-ring (bicyclic) bond motifs is 1. The largest absolute Gasteiger partial charge is 0.338 e. The molecule has 0 saturated carbocycles. The zero-order valence-corrected chi connectivity index (χ0v) is 14.1. The average molecular weight is 312 g/mol. The molecule has 0 aliphatic carbocycles. The van der Waals surface area contributed by atoms with Gasteiger partial charge in [0.1, 0.15) is 0 Å². The minimum Gasteiger partial charge on any atom is -0.338 e. The highest BCUT2D eigenvalue weighted by atomic mass is 16.2. The lowest BCUT2D eigenvalue weighted by atomic mass is 9.96. The molecular formula is C19H24N2O2. The number of aryl methyl sites for hydroxylation is 1. The van der Waals surface area contributed by atoms with Gasteiger partial charge in [-0.05, 0) is 35.8 Å². The van der Waals surface area contributed by atoms with E-state index in [9.17, 15) is 9.59 Å². The van der Waals surface area contributed by atoms with Crippen LogP contribution < -0.4 is 5.56 Å². The highest BCUT2D eigenvalue weighted by molar-refractivity contribution is 5.80. The van der Waals surface area contributed by atoms with Crippen LogP contribution in [0.15, 0.2) is 35.1 Å². The number of likely N-dealkylation sites (tertiary alicyclic amines) is 1. The number of aromatic nitrogens is 1. The number of rotatable bonds is 4. The molecule has 0 spiro atoms. The van der Waals surface area contributed by atoms with Crippen LogP contribution in [0.25, 0.3) is 10.9 Å². The second-order valence-corrected chi connectivity index (χ2v) is 7.07. The van der Waals surface area contributed by atoms with Crippen LogP contribution in [0.2, 0.25) is 0 Å². The third-order valence-electron chi connectivity index (χ3n) is 4.67. The van der Waals surface area contributed by atoms with E-state index in [4.69, 9.17) is 0 Å². The Morgan fingerprint density at radius 1 is 1.22 bits per heavy atom. The SMILES string of the molecule is CC(C)C[C@H]1CC(=O)N(Cc2cc3ccccc3n(C)c2=O)C1. The lowest BCUT2D eigenvalue weighted by molar-refractivity contribution is -0.128. The summed E-state index contributed by atoms with van der Waals surface area (Å²) >= 11 is 0. The topological polar surface area (TPSA) is 42.3 Å². The normalized spacial score (nSPS) is 18.3. The van der Waals surface area contributed by atoms with Gasteiger partial charge in [0, 0.05) is 25.6 Å². The number of benzene rings is 1. The van der Waals surface area contributed by atoms with Crippen molar-refractivity contribution in [2.45, 2.75) is 33.2 Å². The Balaban J connectivity index is 1.86. The Labute approximate surface area is 136 Å². The first-order valence-electron chi connectivity index (χ1n) is 8.31. The van der Waals surface area contributed by atoms with Gasteiger partial charge in [0.25, 0.3) is 5.56 Å². The fraction of sp³-hybridized carbons (Fsp3) is 0.474. The van der Waals surface area contributed by atoms with E-state index in [-0.39, 0.29) is 11.5 Å². The number of amides is 1. The van der Waals surface area contributed by atoms with Crippen molar-refractivity contribution in [1.29, 1.82) is 0 Å². The first-order chi connectivity index (χ1) is 11.0. The Bertz CT molecular complexity index is 792. The van der Waals surface area contributed by atoms with Crippen LogP contribution in [0.3, 0.4) is 0 Å². The van der Waals surface area contributed by atoms with Gasteiger partial charge in [-0.25, -0.2) is 0 Å². The third kappa shape index (κ3) is 3.16. The van der Waals surface area contributed by atoms with Crippen molar-refractivity contribution in [3.63, 3.8) is 0 Å². The first kappa shape index (κ1) is 15.8. The van der Waals surface area contributed by atoms with Crippen LogP contribution >= 0.6 is 0 Å². The Kier molecular flexibility index (Phi) is 4.24. The zero-order valence-electron chi connectivity index (χ0n) is 14.1. The van der Waals surface area contributed by atoms with E-state index in [0.29, 0.717) is 30.4 Å². The van der Waals surface area contributed by atoms with Crippen LogP contribution in [-0.2, 0) is 18.4 Å². The minimum atomic E-state index is -0.0104. The fourth-order valence-electron chi connectivity index (χ4n) is 3.64. The van der Waals surface area contributed by atoms with Crippen LogP contribution in [0.5, 0.6) is 0 Å². The molecule has 1 atom stereocenters. The summed E-state index contributed by atoms with van der Waals surface area (Å²) in [6.45, 7) is 5.57. The summed E-state index contributed by atoms with van der Waals surface area (Å²) in [5, 5.41) is 1.04.